The van der Waals surface area contributed by atoms with Crippen molar-refractivity contribution < 1.29 is 28.2 Å². The molecule has 2 aromatic carbocycles. The van der Waals surface area contributed by atoms with Crippen LogP contribution in [0.2, 0.25) is 5.02 Å². The number of carboxylic acid groups (broad SMARTS) is 1. The molecule has 1 heterocycles. The van der Waals surface area contributed by atoms with Crippen molar-refractivity contribution in [3.05, 3.63) is 70.3 Å². The number of aromatic carboxylic acids is 1. The lowest BCUT2D eigenvalue weighted by molar-refractivity contribution is 0.0456. The molecule has 0 radical (unpaired) electrons. The van der Waals surface area contributed by atoms with Gasteiger partial charge < -0.3 is 19.8 Å². The lowest BCUT2D eigenvalue weighted by atomic mass is 9.68. The second-order valence-corrected chi connectivity index (χ2v) is 14.9. The molecule has 1 saturated carbocycles. The number of benzene rings is 2. The van der Waals surface area contributed by atoms with Crippen LogP contribution in [0.4, 0.5) is 5.69 Å². The summed E-state index contributed by atoms with van der Waals surface area (Å²) >= 11 is 6.36. The van der Waals surface area contributed by atoms with Gasteiger partial charge in [-0.3, -0.25) is 0 Å². The van der Waals surface area contributed by atoms with Crippen LogP contribution in [0.1, 0.15) is 67.4 Å². The maximum Gasteiger partial charge on any atom is 0.335 e. The molecule has 1 spiro atoms. The molecule has 8 nitrogen and oxygen atoms in total. The third kappa shape index (κ3) is 6.34. The van der Waals surface area contributed by atoms with E-state index in [2.05, 4.69) is 17.0 Å². The van der Waals surface area contributed by atoms with E-state index in [-0.39, 0.29) is 28.7 Å². The number of hydrogen-bond acceptors (Lipinski definition) is 6. The zero-order chi connectivity index (χ0) is 30.2. The number of carbonyl (C=O) groups is 1. The number of ether oxygens (including phenoxy) is 1. The van der Waals surface area contributed by atoms with Gasteiger partial charge in [-0.25, -0.2) is 18.4 Å². The van der Waals surface area contributed by atoms with E-state index < -0.39 is 27.3 Å². The van der Waals surface area contributed by atoms with Gasteiger partial charge in [0.2, 0.25) is 10.0 Å². The average molecular weight is 617 g/mol. The van der Waals surface area contributed by atoms with Crippen LogP contribution < -0.4 is 14.8 Å². The van der Waals surface area contributed by atoms with Crippen molar-refractivity contribution in [2.75, 3.05) is 24.6 Å². The number of aliphatic hydroxyl groups excluding tert-OH is 1. The van der Waals surface area contributed by atoms with Crippen molar-refractivity contribution in [3.63, 3.8) is 0 Å². The van der Waals surface area contributed by atoms with Crippen LogP contribution in [0, 0.1) is 17.8 Å². The molecule has 0 amide bonds. The molecule has 10 heteroatoms. The van der Waals surface area contributed by atoms with Gasteiger partial charge in [-0.2, -0.15) is 0 Å². The molecule has 2 aliphatic carbocycles. The summed E-state index contributed by atoms with van der Waals surface area (Å²) in [5.41, 5.74) is 3.20. The van der Waals surface area contributed by atoms with Crippen LogP contribution in [0.25, 0.3) is 0 Å². The van der Waals surface area contributed by atoms with Gasteiger partial charge in [0.05, 0.1) is 29.2 Å². The van der Waals surface area contributed by atoms with Crippen molar-refractivity contribution in [1.82, 2.24) is 0 Å². The summed E-state index contributed by atoms with van der Waals surface area (Å²) in [5.74, 6) is -0.220. The predicted octanol–water partition coefficient (Wildman–Crippen LogP) is 5.16. The highest BCUT2D eigenvalue weighted by molar-refractivity contribution is 7.89. The number of aliphatic hydroxyl groups is 1. The number of halogens is 1. The van der Waals surface area contributed by atoms with Crippen LogP contribution >= 0.6 is 11.6 Å². The number of allylic oxidation sites excluding steroid dienone is 1. The van der Waals surface area contributed by atoms with Crippen LogP contribution in [-0.4, -0.2) is 55.7 Å². The second kappa shape index (κ2) is 12.2. The number of sulfonamides is 1. The number of carboxylic acids is 1. The van der Waals surface area contributed by atoms with E-state index in [0.717, 1.165) is 42.8 Å². The number of fused-ring (bicyclic) bond motifs is 3. The molecule has 1 unspecified atom stereocenters. The van der Waals surface area contributed by atoms with Gasteiger partial charge in [-0.05, 0) is 105 Å². The SMILES string of the molecule is C[C@H](C/C=C/[C@H](O)[C@@H]1CC[C@H]1CN1CC2(CCCc3cc(Cl)ccc32)COc2ccc(C(=O)O)cc21)[C@@H](C)S(N)(=O)=O. The van der Waals surface area contributed by atoms with Crippen molar-refractivity contribution in [3.8, 4) is 5.75 Å². The molecular formula is C32H41ClN2O6S. The molecule has 0 bridgehead atoms. The molecule has 3 aliphatic rings. The second-order valence-electron chi connectivity index (χ2n) is 12.5. The molecule has 6 atom stereocenters. The third-order valence-electron chi connectivity index (χ3n) is 9.81. The van der Waals surface area contributed by atoms with Gasteiger partial charge in [0.1, 0.15) is 5.75 Å². The van der Waals surface area contributed by atoms with Gasteiger partial charge in [0.15, 0.2) is 0 Å². The van der Waals surface area contributed by atoms with E-state index in [4.69, 9.17) is 21.5 Å². The Hall–Kier alpha value is -2.59. The maximum absolute atomic E-state index is 11.9. The lowest BCUT2D eigenvalue weighted by Crippen LogP contribution is -2.49. The first-order valence-corrected chi connectivity index (χ1v) is 16.8. The topological polar surface area (TPSA) is 130 Å². The van der Waals surface area contributed by atoms with E-state index >= 15 is 0 Å². The van der Waals surface area contributed by atoms with Crippen LogP contribution in [0.3, 0.4) is 0 Å². The summed E-state index contributed by atoms with van der Waals surface area (Å²) in [4.78, 5) is 14.2. The minimum absolute atomic E-state index is 0.0518. The quantitative estimate of drug-likeness (QED) is 0.332. The highest BCUT2D eigenvalue weighted by Crippen LogP contribution is 2.46. The number of aryl methyl sites for hydroxylation is 1. The van der Waals surface area contributed by atoms with Crippen LogP contribution in [0.5, 0.6) is 5.75 Å². The van der Waals surface area contributed by atoms with E-state index in [1.807, 2.05) is 19.1 Å². The smallest absolute Gasteiger partial charge is 0.335 e. The molecule has 0 aromatic heterocycles. The number of rotatable bonds is 9. The Morgan fingerprint density at radius 3 is 2.71 bits per heavy atom. The Labute approximate surface area is 253 Å². The van der Waals surface area contributed by atoms with Crippen LogP contribution in [0.15, 0.2) is 48.6 Å². The Bertz CT molecular complexity index is 1460. The normalized spacial score (nSPS) is 26.0. The molecule has 2 aromatic rings. The largest absolute Gasteiger partial charge is 0.490 e. The Morgan fingerprint density at radius 2 is 2.02 bits per heavy atom. The minimum Gasteiger partial charge on any atom is -0.490 e. The summed E-state index contributed by atoms with van der Waals surface area (Å²) in [5, 5.41) is 26.2. The third-order valence-corrected chi connectivity index (χ3v) is 11.6. The molecule has 5 rings (SSSR count). The first-order valence-electron chi connectivity index (χ1n) is 14.8. The van der Waals surface area contributed by atoms with Gasteiger partial charge in [-0.1, -0.05) is 36.7 Å². The molecule has 4 N–H and O–H groups in total. The van der Waals surface area contributed by atoms with E-state index in [1.54, 1.807) is 31.2 Å². The fourth-order valence-corrected chi connectivity index (χ4v) is 7.85. The highest BCUT2D eigenvalue weighted by atomic mass is 35.5. The molecule has 0 saturated heterocycles. The summed E-state index contributed by atoms with van der Waals surface area (Å²) in [7, 11) is -3.61. The zero-order valence-electron chi connectivity index (χ0n) is 24.2. The Morgan fingerprint density at radius 1 is 1.24 bits per heavy atom. The van der Waals surface area contributed by atoms with Crippen molar-refractivity contribution >= 4 is 33.3 Å². The van der Waals surface area contributed by atoms with E-state index in [0.29, 0.717) is 31.9 Å². The maximum atomic E-state index is 11.9. The molecule has 1 aliphatic heterocycles. The standard InChI is InChI=1S/C32H41ClN2O6S/c1-20(21(2)42(34,39)40)5-3-7-29(36)26-11-8-24(26)17-35-18-32(14-4-6-22-15-25(33)10-12-27(22)32)19-41-30-13-9-23(31(37)38)16-28(30)35/h3,7,9-10,12-13,15-16,20-21,24,26,29,36H,4-6,8,11,14,17-19H2,1-2H3,(H,37,38)(H2,34,39,40)/b7-3+/t20-,21-,24+,26-,29+,32?/m1/s1. The molecule has 1 fully saturated rings. The number of nitrogens with two attached hydrogens (primary N) is 1. The van der Waals surface area contributed by atoms with E-state index in [9.17, 15) is 23.4 Å². The lowest BCUT2D eigenvalue weighted by Gasteiger charge is -2.45. The monoisotopic (exact) mass is 616 g/mol. The van der Waals surface area contributed by atoms with Gasteiger partial charge >= 0.3 is 5.97 Å². The fraction of sp³-hybridized carbons (Fsp3) is 0.531. The van der Waals surface area contributed by atoms with Gasteiger partial charge in [-0.15, -0.1) is 0 Å². The van der Waals surface area contributed by atoms with Crippen LogP contribution in [-0.2, 0) is 21.9 Å². The number of primary sulfonamides is 1. The first-order chi connectivity index (χ1) is 19.9. The Kier molecular flexibility index (Phi) is 8.95. The molecule has 42 heavy (non-hydrogen) atoms. The van der Waals surface area contributed by atoms with Crippen molar-refractivity contribution in [2.24, 2.45) is 22.9 Å². The number of anilines is 1. The number of hydrogen-bond donors (Lipinski definition) is 3. The Balaban J connectivity index is 1.38. The summed E-state index contributed by atoms with van der Waals surface area (Å²) in [6.07, 6.45) is 8.27. The van der Waals surface area contributed by atoms with Gasteiger partial charge in [0, 0.05) is 23.5 Å². The molecular weight excluding hydrogens is 576 g/mol. The number of nitrogens with zero attached hydrogens (tertiary/aromatic N) is 1. The van der Waals surface area contributed by atoms with Crippen molar-refractivity contribution in [1.29, 1.82) is 0 Å². The minimum atomic E-state index is -3.61. The first kappa shape index (κ1) is 30.9. The highest BCUT2D eigenvalue weighted by Gasteiger charge is 2.44. The summed E-state index contributed by atoms with van der Waals surface area (Å²) < 4.78 is 29.8. The summed E-state index contributed by atoms with van der Waals surface area (Å²) in [6.45, 7) is 5.28. The average Bonchev–Trinajstić information content (AvgIpc) is 3.07. The summed E-state index contributed by atoms with van der Waals surface area (Å²) in [6, 6.07) is 11.2. The zero-order valence-corrected chi connectivity index (χ0v) is 25.8. The molecule has 228 valence electrons. The fourth-order valence-electron chi connectivity index (χ4n) is 6.89. The van der Waals surface area contributed by atoms with Crippen molar-refractivity contribution in [2.45, 2.75) is 69.1 Å². The predicted molar refractivity (Wildman–Crippen MR) is 165 cm³/mol. The van der Waals surface area contributed by atoms with Gasteiger partial charge in [0.25, 0.3) is 0 Å². The van der Waals surface area contributed by atoms with E-state index in [1.165, 1.54) is 11.1 Å².